The molecule has 1 saturated carbocycles. The first kappa shape index (κ1) is 11.0. The Balaban J connectivity index is 1.68. The molecular weight excluding hydrogens is 228 g/mol. The summed E-state index contributed by atoms with van der Waals surface area (Å²) in [5.41, 5.74) is 2.33. The van der Waals surface area contributed by atoms with Crippen LogP contribution in [-0.4, -0.2) is 20.6 Å². The maximum Gasteiger partial charge on any atom is 0.307 e. The summed E-state index contributed by atoms with van der Waals surface area (Å²) in [6, 6.07) is 8.21. The highest BCUT2D eigenvalue weighted by Gasteiger charge is 2.43. The van der Waals surface area contributed by atoms with Crippen LogP contribution in [0.25, 0.3) is 0 Å². The molecule has 1 aromatic heterocycles. The molecule has 0 aliphatic heterocycles. The van der Waals surface area contributed by atoms with Gasteiger partial charge in [-0.3, -0.25) is 4.79 Å². The number of hydrogen-bond donors (Lipinski definition) is 1. The van der Waals surface area contributed by atoms with Crippen LogP contribution in [0.1, 0.15) is 23.5 Å². The smallest absolute Gasteiger partial charge is 0.307 e. The van der Waals surface area contributed by atoms with Crippen LogP contribution in [0.3, 0.4) is 0 Å². The van der Waals surface area contributed by atoms with Crippen molar-refractivity contribution >= 4 is 5.97 Å². The van der Waals surface area contributed by atoms with Crippen molar-refractivity contribution in [3.63, 3.8) is 0 Å². The minimum Gasteiger partial charge on any atom is -0.481 e. The Labute approximate surface area is 105 Å². The van der Waals surface area contributed by atoms with Crippen molar-refractivity contribution in [2.24, 2.45) is 5.92 Å². The van der Waals surface area contributed by atoms with E-state index in [9.17, 15) is 4.79 Å². The van der Waals surface area contributed by atoms with Gasteiger partial charge in [-0.1, -0.05) is 24.3 Å². The quantitative estimate of drug-likeness (QED) is 0.893. The lowest BCUT2D eigenvalue weighted by molar-refractivity contribution is -0.138. The SMILES string of the molecule is O=C(O)C1CC1c1ccc(Cn2ccnc2)cc1. The number of aliphatic carboxylic acids is 1. The van der Waals surface area contributed by atoms with E-state index in [0.29, 0.717) is 0 Å². The van der Waals surface area contributed by atoms with E-state index in [1.54, 1.807) is 12.5 Å². The average molecular weight is 242 g/mol. The molecule has 0 radical (unpaired) electrons. The van der Waals surface area contributed by atoms with Crippen molar-refractivity contribution in [3.05, 3.63) is 54.1 Å². The monoisotopic (exact) mass is 242 g/mol. The maximum absolute atomic E-state index is 10.8. The predicted molar refractivity (Wildman–Crippen MR) is 66.3 cm³/mol. The first-order valence-electron chi connectivity index (χ1n) is 6.01. The van der Waals surface area contributed by atoms with E-state index in [4.69, 9.17) is 5.11 Å². The maximum atomic E-state index is 10.8. The molecule has 2 aromatic rings. The summed E-state index contributed by atoms with van der Waals surface area (Å²) in [6.07, 6.45) is 6.25. The van der Waals surface area contributed by atoms with Gasteiger partial charge >= 0.3 is 5.97 Å². The van der Waals surface area contributed by atoms with Crippen molar-refractivity contribution in [1.82, 2.24) is 9.55 Å². The zero-order valence-electron chi connectivity index (χ0n) is 9.86. The number of imidazole rings is 1. The van der Waals surface area contributed by atoms with Crippen LogP contribution in [0.4, 0.5) is 0 Å². The molecule has 1 aliphatic carbocycles. The Kier molecular flexibility index (Phi) is 2.63. The molecule has 92 valence electrons. The molecule has 18 heavy (non-hydrogen) atoms. The van der Waals surface area contributed by atoms with Crippen molar-refractivity contribution < 1.29 is 9.90 Å². The number of rotatable bonds is 4. The van der Waals surface area contributed by atoms with Crippen molar-refractivity contribution in [2.75, 3.05) is 0 Å². The third-order valence-corrected chi connectivity index (χ3v) is 3.44. The molecule has 1 aromatic carbocycles. The Morgan fingerprint density at radius 1 is 1.39 bits per heavy atom. The zero-order chi connectivity index (χ0) is 12.5. The Morgan fingerprint density at radius 3 is 2.72 bits per heavy atom. The lowest BCUT2D eigenvalue weighted by Gasteiger charge is -2.04. The molecule has 0 bridgehead atoms. The minimum absolute atomic E-state index is 0.176. The standard InChI is InChI=1S/C14H14N2O2/c17-14(18)13-7-12(13)11-3-1-10(2-4-11)8-16-6-5-15-9-16/h1-6,9,12-13H,7-8H2,(H,17,18). The van der Waals surface area contributed by atoms with E-state index in [-0.39, 0.29) is 11.8 Å². The summed E-state index contributed by atoms with van der Waals surface area (Å²) in [5, 5.41) is 8.90. The highest BCUT2D eigenvalue weighted by Crippen LogP contribution is 2.47. The van der Waals surface area contributed by atoms with Gasteiger partial charge in [0.25, 0.3) is 0 Å². The number of carboxylic acid groups (broad SMARTS) is 1. The number of nitrogens with zero attached hydrogens (tertiary/aromatic N) is 2. The Morgan fingerprint density at radius 2 is 2.17 bits per heavy atom. The van der Waals surface area contributed by atoms with Gasteiger partial charge in [-0.2, -0.15) is 0 Å². The van der Waals surface area contributed by atoms with E-state index in [1.807, 2.05) is 22.9 Å². The van der Waals surface area contributed by atoms with Gasteiger partial charge < -0.3 is 9.67 Å². The second kappa shape index (κ2) is 4.29. The van der Waals surface area contributed by atoms with Crippen molar-refractivity contribution in [3.8, 4) is 0 Å². The number of hydrogen-bond acceptors (Lipinski definition) is 2. The molecule has 4 nitrogen and oxygen atoms in total. The second-order valence-corrected chi connectivity index (χ2v) is 4.76. The third-order valence-electron chi connectivity index (χ3n) is 3.44. The molecule has 2 atom stereocenters. The molecule has 3 rings (SSSR count). The summed E-state index contributed by atoms with van der Waals surface area (Å²) >= 11 is 0. The molecule has 1 heterocycles. The third kappa shape index (κ3) is 2.14. The average Bonchev–Trinajstić information content (AvgIpc) is 3.02. The topological polar surface area (TPSA) is 55.1 Å². The lowest BCUT2D eigenvalue weighted by Crippen LogP contribution is -1.99. The summed E-state index contributed by atoms with van der Waals surface area (Å²) in [6.45, 7) is 0.799. The van der Waals surface area contributed by atoms with E-state index in [2.05, 4.69) is 17.1 Å². The normalized spacial score (nSPS) is 21.8. The van der Waals surface area contributed by atoms with Gasteiger partial charge in [-0.25, -0.2) is 4.98 Å². The van der Waals surface area contributed by atoms with Crippen molar-refractivity contribution in [2.45, 2.75) is 18.9 Å². The van der Waals surface area contributed by atoms with Crippen LogP contribution >= 0.6 is 0 Å². The summed E-state index contributed by atoms with van der Waals surface area (Å²) in [7, 11) is 0. The van der Waals surface area contributed by atoms with Gasteiger partial charge in [-0.15, -0.1) is 0 Å². The summed E-state index contributed by atoms with van der Waals surface area (Å²) in [4.78, 5) is 14.8. The van der Waals surface area contributed by atoms with Gasteiger partial charge in [-0.05, 0) is 23.5 Å². The Hall–Kier alpha value is -2.10. The van der Waals surface area contributed by atoms with Crippen LogP contribution in [0.15, 0.2) is 43.0 Å². The highest BCUT2D eigenvalue weighted by molar-refractivity contribution is 5.75. The first-order chi connectivity index (χ1) is 8.74. The van der Waals surface area contributed by atoms with E-state index in [1.165, 1.54) is 5.56 Å². The van der Waals surface area contributed by atoms with Crippen LogP contribution in [-0.2, 0) is 11.3 Å². The Bertz CT molecular complexity index is 546. The molecule has 0 amide bonds. The molecule has 1 N–H and O–H groups in total. The molecule has 4 heteroatoms. The molecule has 2 unspecified atom stereocenters. The molecule has 0 saturated heterocycles. The van der Waals surface area contributed by atoms with Crippen molar-refractivity contribution in [1.29, 1.82) is 0 Å². The highest BCUT2D eigenvalue weighted by atomic mass is 16.4. The van der Waals surface area contributed by atoms with Gasteiger partial charge in [0.05, 0.1) is 12.2 Å². The summed E-state index contributed by atoms with van der Waals surface area (Å²) in [5.74, 6) is -0.642. The van der Waals surface area contributed by atoms with Gasteiger partial charge in [0.15, 0.2) is 0 Å². The number of carboxylic acids is 1. The number of aromatic nitrogens is 2. The van der Waals surface area contributed by atoms with E-state index < -0.39 is 5.97 Å². The van der Waals surface area contributed by atoms with Gasteiger partial charge in [0.1, 0.15) is 0 Å². The summed E-state index contributed by atoms with van der Waals surface area (Å²) < 4.78 is 2.01. The number of benzene rings is 1. The predicted octanol–water partition coefficient (Wildman–Crippen LogP) is 2.12. The fraction of sp³-hybridized carbons (Fsp3) is 0.286. The van der Waals surface area contributed by atoms with Crippen LogP contribution in [0.5, 0.6) is 0 Å². The lowest BCUT2D eigenvalue weighted by atomic mass is 10.1. The first-order valence-corrected chi connectivity index (χ1v) is 6.01. The van der Waals surface area contributed by atoms with Gasteiger partial charge in [0.2, 0.25) is 0 Å². The molecule has 1 fully saturated rings. The van der Waals surface area contributed by atoms with Crippen LogP contribution < -0.4 is 0 Å². The number of carbonyl (C=O) groups is 1. The molecule has 1 aliphatic rings. The molecule has 0 spiro atoms. The van der Waals surface area contributed by atoms with Crippen LogP contribution in [0, 0.1) is 5.92 Å². The van der Waals surface area contributed by atoms with E-state index in [0.717, 1.165) is 18.5 Å². The largest absolute Gasteiger partial charge is 0.481 e. The fourth-order valence-electron chi connectivity index (χ4n) is 2.30. The fourth-order valence-corrected chi connectivity index (χ4v) is 2.30. The van der Waals surface area contributed by atoms with Crippen LogP contribution in [0.2, 0.25) is 0 Å². The second-order valence-electron chi connectivity index (χ2n) is 4.76. The van der Waals surface area contributed by atoms with E-state index >= 15 is 0 Å². The van der Waals surface area contributed by atoms with Gasteiger partial charge in [0, 0.05) is 18.9 Å². The zero-order valence-corrected chi connectivity index (χ0v) is 9.86. The minimum atomic E-state index is -0.678. The molecular formula is C14H14N2O2.